The second-order valence-electron chi connectivity index (χ2n) is 3.67. The molecular formula is C12H13ClN4O. The summed E-state index contributed by atoms with van der Waals surface area (Å²) in [6.45, 7) is 0.310. The van der Waals surface area contributed by atoms with Crippen molar-refractivity contribution in [1.29, 1.82) is 0 Å². The zero-order chi connectivity index (χ0) is 13.1. The minimum atomic E-state index is -0.231. The standard InChI is InChI=1S/C12H13ClN4O/c1-15-12(18)10-5-6-17(16-10)11-4-2-3-9(13)8(11)7-14/h2-6H,7,14H2,1H3,(H,15,18). The summed E-state index contributed by atoms with van der Waals surface area (Å²) in [5, 5.41) is 7.30. The molecule has 2 rings (SSSR count). The lowest BCUT2D eigenvalue weighted by molar-refractivity contribution is 0.0957. The first-order valence-electron chi connectivity index (χ1n) is 5.43. The second kappa shape index (κ2) is 5.20. The number of carbonyl (C=O) groups is 1. The van der Waals surface area contributed by atoms with Crippen molar-refractivity contribution in [2.24, 2.45) is 5.73 Å². The van der Waals surface area contributed by atoms with Crippen molar-refractivity contribution in [1.82, 2.24) is 15.1 Å². The summed E-state index contributed by atoms with van der Waals surface area (Å²) in [5.41, 5.74) is 7.60. The summed E-state index contributed by atoms with van der Waals surface area (Å²) in [4.78, 5) is 11.4. The lowest BCUT2D eigenvalue weighted by Gasteiger charge is -2.09. The Morgan fingerprint density at radius 1 is 1.50 bits per heavy atom. The summed E-state index contributed by atoms with van der Waals surface area (Å²) in [5.74, 6) is -0.231. The van der Waals surface area contributed by atoms with Crippen LogP contribution in [0.5, 0.6) is 0 Å². The number of amides is 1. The van der Waals surface area contributed by atoms with E-state index >= 15 is 0 Å². The van der Waals surface area contributed by atoms with Crippen LogP contribution in [0.4, 0.5) is 0 Å². The van der Waals surface area contributed by atoms with Gasteiger partial charge in [0.05, 0.1) is 5.69 Å². The molecule has 1 amide bonds. The van der Waals surface area contributed by atoms with E-state index < -0.39 is 0 Å². The van der Waals surface area contributed by atoms with E-state index in [-0.39, 0.29) is 5.91 Å². The zero-order valence-corrected chi connectivity index (χ0v) is 10.6. The van der Waals surface area contributed by atoms with E-state index in [0.29, 0.717) is 17.3 Å². The van der Waals surface area contributed by atoms with Crippen LogP contribution in [0, 0.1) is 0 Å². The Balaban J connectivity index is 2.46. The van der Waals surface area contributed by atoms with Gasteiger partial charge >= 0.3 is 0 Å². The second-order valence-corrected chi connectivity index (χ2v) is 4.07. The van der Waals surface area contributed by atoms with Crippen molar-refractivity contribution in [3.8, 4) is 5.69 Å². The van der Waals surface area contributed by atoms with E-state index in [1.807, 2.05) is 12.1 Å². The van der Waals surface area contributed by atoms with Gasteiger partial charge in [0.25, 0.3) is 5.91 Å². The van der Waals surface area contributed by atoms with E-state index in [9.17, 15) is 4.79 Å². The van der Waals surface area contributed by atoms with Crippen molar-refractivity contribution in [3.05, 3.63) is 46.7 Å². The predicted molar refractivity (Wildman–Crippen MR) is 69.9 cm³/mol. The maximum Gasteiger partial charge on any atom is 0.271 e. The quantitative estimate of drug-likeness (QED) is 0.879. The molecule has 0 spiro atoms. The molecule has 6 heteroatoms. The highest BCUT2D eigenvalue weighted by atomic mass is 35.5. The van der Waals surface area contributed by atoms with Gasteiger partial charge < -0.3 is 11.1 Å². The molecule has 2 aromatic rings. The smallest absolute Gasteiger partial charge is 0.271 e. The molecule has 0 saturated heterocycles. The number of rotatable bonds is 3. The maximum absolute atomic E-state index is 11.4. The first-order valence-corrected chi connectivity index (χ1v) is 5.80. The van der Waals surface area contributed by atoms with E-state index in [0.717, 1.165) is 11.3 Å². The molecular weight excluding hydrogens is 252 g/mol. The lowest BCUT2D eigenvalue weighted by Crippen LogP contribution is -2.18. The van der Waals surface area contributed by atoms with Crippen LogP contribution < -0.4 is 11.1 Å². The fourth-order valence-corrected chi connectivity index (χ4v) is 1.92. The first kappa shape index (κ1) is 12.6. The molecule has 0 aliphatic rings. The average Bonchev–Trinajstić information content (AvgIpc) is 2.87. The highest BCUT2D eigenvalue weighted by molar-refractivity contribution is 6.31. The number of aromatic nitrogens is 2. The molecule has 0 saturated carbocycles. The Morgan fingerprint density at radius 2 is 2.28 bits per heavy atom. The van der Waals surface area contributed by atoms with E-state index in [1.165, 1.54) is 0 Å². The van der Waals surface area contributed by atoms with Crippen molar-refractivity contribution in [2.45, 2.75) is 6.54 Å². The summed E-state index contributed by atoms with van der Waals surface area (Å²) in [6, 6.07) is 7.09. The zero-order valence-electron chi connectivity index (χ0n) is 9.85. The Hall–Kier alpha value is -1.85. The van der Waals surface area contributed by atoms with Crippen molar-refractivity contribution < 1.29 is 4.79 Å². The van der Waals surface area contributed by atoms with Crippen LogP contribution in [0.3, 0.4) is 0 Å². The van der Waals surface area contributed by atoms with Gasteiger partial charge in [-0.3, -0.25) is 4.79 Å². The van der Waals surface area contributed by atoms with E-state index in [2.05, 4.69) is 10.4 Å². The van der Waals surface area contributed by atoms with Crippen LogP contribution in [-0.4, -0.2) is 22.7 Å². The number of halogens is 1. The van der Waals surface area contributed by atoms with Crippen molar-refractivity contribution in [2.75, 3.05) is 7.05 Å². The summed E-state index contributed by atoms with van der Waals surface area (Å²) in [7, 11) is 1.56. The largest absolute Gasteiger partial charge is 0.354 e. The van der Waals surface area contributed by atoms with Crippen LogP contribution in [0.2, 0.25) is 5.02 Å². The van der Waals surface area contributed by atoms with Gasteiger partial charge in [0.2, 0.25) is 0 Å². The Bertz CT molecular complexity index is 579. The number of nitrogens with one attached hydrogen (secondary N) is 1. The molecule has 5 nitrogen and oxygen atoms in total. The molecule has 3 N–H and O–H groups in total. The molecule has 0 atom stereocenters. The number of hydrogen-bond donors (Lipinski definition) is 2. The van der Waals surface area contributed by atoms with Crippen LogP contribution in [-0.2, 0) is 6.54 Å². The van der Waals surface area contributed by atoms with Gasteiger partial charge in [0.15, 0.2) is 5.69 Å². The van der Waals surface area contributed by atoms with Gasteiger partial charge in [0.1, 0.15) is 0 Å². The Labute approximate surface area is 110 Å². The highest BCUT2D eigenvalue weighted by Crippen LogP contribution is 2.22. The Morgan fingerprint density at radius 3 is 2.94 bits per heavy atom. The monoisotopic (exact) mass is 264 g/mol. The SMILES string of the molecule is CNC(=O)c1ccn(-c2cccc(Cl)c2CN)n1. The number of hydrogen-bond acceptors (Lipinski definition) is 3. The minimum Gasteiger partial charge on any atom is -0.354 e. The van der Waals surface area contributed by atoms with Gasteiger partial charge in [-0.2, -0.15) is 5.10 Å². The predicted octanol–water partition coefficient (Wildman–Crippen LogP) is 1.34. The van der Waals surface area contributed by atoms with Gasteiger partial charge in [0, 0.05) is 30.4 Å². The number of nitrogens with zero attached hydrogens (tertiary/aromatic N) is 2. The molecule has 94 valence electrons. The lowest BCUT2D eigenvalue weighted by atomic mass is 10.2. The number of nitrogens with two attached hydrogens (primary N) is 1. The van der Waals surface area contributed by atoms with Gasteiger partial charge in [-0.05, 0) is 18.2 Å². The highest BCUT2D eigenvalue weighted by Gasteiger charge is 2.11. The van der Waals surface area contributed by atoms with Crippen molar-refractivity contribution in [3.63, 3.8) is 0 Å². The molecule has 0 radical (unpaired) electrons. The molecule has 0 bridgehead atoms. The third-order valence-electron chi connectivity index (χ3n) is 2.59. The van der Waals surface area contributed by atoms with Crippen molar-refractivity contribution >= 4 is 17.5 Å². The van der Waals surface area contributed by atoms with Crippen LogP contribution >= 0.6 is 11.6 Å². The summed E-state index contributed by atoms with van der Waals surface area (Å²) < 4.78 is 1.60. The third kappa shape index (κ3) is 2.23. The molecule has 0 aliphatic carbocycles. The molecule has 1 aromatic carbocycles. The summed E-state index contributed by atoms with van der Waals surface area (Å²) in [6.07, 6.45) is 1.70. The third-order valence-corrected chi connectivity index (χ3v) is 2.95. The molecule has 0 aliphatic heterocycles. The Kier molecular flexibility index (Phi) is 3.64. The molecule has 1 heterocycles. The minimum absolute atomic E-state index is 0.231. The fourth-order valence-electron chi connectivity index (χ4n) is 1.67. The average molecular weight is 265 g/mol. The first-order chi connectivity index (χ1) is 8.67. The van der Waals surface area contributed by atoms with Gasteiger partial charge in [-0.1, -0.05) is 17.7 Å². The van der Waals surface area contributed by atoms with Crippen LogP contribution in [0.25, 0.3) is 5.69 Å². The molecule has 18 heavy (non-hydrogen) atoms. The van der Waals surface area contributed by atoms with Gasteiger partial charge in [-0.15, -0.1) is 0 Å². The van der Waals surface area contributed by atoms with E-state index in [4.69, 9.17) is 17.3 Å². The summed E-state index contributed by atoms with van der Waals surface area (Å²) >= 11 is 6.08. The molecule has 0 fully saturated rings. The number of benzene rings is 1. The number of carbonyl (C=O) groups excluding carboxylic acids is 1. The normalized spacial score (nSPS) is 10.4. The van der Waals surface area contributed by atoms with Crippen LogP contribution in [0.15, 0.2) is 30.5 Å². The van der Waals surface area contributed by atoms with Gasteiger partial charge in [-0.25, -0.2) is 4.68 Å². The van der Waals surface area contributed by atoms with E-state index in [1.54, 1.807) is 30.1 Å². The molecule has 0 unspecified atom stereocenters. The molecule has 1 aromatic heterocycles. The van der Waals surface area contributed by atoms with Crippen LogP contribution in [0.1, 0.15) is 16.1 Å². The maximum atomic E-state index is 11.4. The topological polar surface area (TPSA) is 72.9 Å². The fraction of sp³-hybridized carbons (Fsp3) is 0.167.